The van der Waals surface area contributed by atoms with E-state index in [1.165, 1.54) is 5.56 Å². The van der Waals surface area contributed by atoms with Crippen molar-refractivity contribution in [2.24, 2.45) is 5.73 Å². The van der Waals surface area contributed by atoms with Crippen molar-refractivity contribution in [3.8, 4) is 0 Å². The average molecular weight is 250 g/mol. The Morgan fingerprint density at radius 1 is 1.50 bits per heavy atom. The van der Waals surface area contributed by atoms with Gasteiger partial charge >= 0.3 is 0 Å². The highest BCUT2D eigenvalue weighted by Gasteiger charge is 2.16. The van der Waals surface area contributed by atoms with Gasteiger partial charge in [0.05, 0.1) is 12.1 Å². The highest BCUT2D eigenvalue weighted by Crippen LogP contribution is 2.13. The number of methoxy groups -OCH3 is 1. The van der Waals surface area contributed by atoms with E-state index in [1.54, 1.807) is 7.11 Å². The van der Waals surface area contributed by atoms with E-state index < -0.39 is 6.04 Å². The molecule has 0 saturated carbocycles. The van der Waals surface area contributed by atoms with Gasteiger partial charge in [-0.15, -0.1) is 0 Å². The molecule has 1 amide bonds. The van der Waals surface area contributed by atoms with Gasteiger partial charge in [-0.1, -0.05) is 29.8 Å². The van der Waals surface area contributed by atoms with Crippen molar-refractivity contribution in [3.63, 3.8) is 0 Å². The number of carbonyl (C=O) groups is 1. The molecule has 18 heavy (non-hydrogen) atoms. The summed E-state index contributed by atoms with van der Waals surface area (Å²) in [6, 6.07) is 7.52. The summed E-state index contributed by atoms with van der Waals surface area (Å²) in [6.07, 6.45) is 0.531. The number of benzene rings is 1. The second-order valence-corrected chi connectivity index (χ2v) is 4.53. The Labute approximate surface area is 109 Å². The second-order valence-electron chi connectivity index (χ2n) is 4.53. The van der Waals surface area contributed by atoms with E-state index in [1.807, 2.05) is 32.0 Å². The molecule has 2 atom stereocenters. The third kappa shape index (κ3) is 4.47. The van der Waals surface area contributed by atoms with Crippen LogP contribution in [-0.2, 0) is 9.53 Å². The summed E-state index contributed by atoms with van der Waals surface area (Å²) < 4.78 is 4.91. The molecule has 4 heteroatoms. The van der Waals surface area contributed by atoms with Crippen molar-refractivity contribution in [1.82, 2.24) is 5.32 Å². The monoisotopic (exact) mass is 250 g/mol. The molecule has 1 aromatic rings. The standard InChI is InChI=1S/C14H22N2O2/c1-10-5-4-6-12(9-10)11(2)16-14(17)13(15)7-8-18-3/h4-6,9,11,13H,7-8,15H2,1-3H3,(H,16,17)/t11-,13?/m1/s1. The summed E-state index contributed by atoms with van der Waals surface area (Å²) in [5.74, 6) is -0.138. The van der Waals surface area contributed by atoms with Gasteiger partial charge in [0.2, 0.25) is 5.91 Å². The molecule has 0 fully saturated rings. The molecular formula is C14H22N2O2. The molecule has 0 heterocycles. The van der Waals surface area contributed by atoms with Gasteiger partial charge in [0.1, 0.15) is 0 Å². The number of hydrogen-bond donors (Lipinski definition) is 2. The molecule has 0 aliphatic rings. The quantitative estimate of drug-likeness (QED) is 0.805. The lowest BCUT2D eigenvalue weighted by molar-refractivity contribution is -0.123. The molecule has 100 valence electrons. The van der Waals surface area contributed by atoms with Crippen LogP contribution in [0.15, 0.2) is 24.3 Å². The number of amides is 1. The van der Waals surface area contributed by atoms with Crippen LogP contribution in [0.1, 0.15) is 30.5 Å². The molecule has 0 spiro atoms. The molecule has 4 nitrogen and oxygen atoms in total. The third-order valence-corrected chi connectivity index (χ3v) is 2.87. The maximum absolute atomic E-state index is 11.8. The van der Waals surface area contributed by atoms with Gasteiger partial charge in [-0.05, 0) is 25.8 Å². The summed E-state index contributed by atoms with van der Waals surface area (Å²) in [7, 11) is 1.60. The number of ether oxygens (including phenoxy) is 1. The topological polar surface area (TPSA) is 64.3 Å². The minimum atomic E-state index is -0.516. The number of nitrogens with one attached hydrogen (secondary N) is 1. The van der Waals surface area contributed by atoms with Crippen LogP contribution in [-0.4, -0.2) is 25.7 Å². The summed E-state index contributed by atoms with van der Waals surface area (Å²) in [6.45, 7) is 4.48. The van der Waals surface area contributed by atoms with E-state index >= 15 is 0 Å². The lowest BCUT2D eigenvalue weighted by atomic mass is 10.1. The van der Waals surface area contributed by atoms with Gasteiger partial charge in [0.25, 0.3) is 0 Å². The van der Waals surface area contributed by atoms with E-state index in [0.717, 1.165) is 5.56 Å². The molecule has 0 bridgehead atoms. The first-order valence-corrected chi connectivity index (χ1v) is 6.16. The molecule has 1 unspecified atom stereocenters. The Balaban J connectivity index is 2.54. The van der Waals surface area contributed by atoms with Crippen LogP contribution in [0.4, 0.5) is 0 Å². The molecule has 0 radical (unpaired) electrons. The van der Waals surface area contributed by atoms with Crippen LogP contribution in [0.2, 0.25) is 0 Å². The highest BCUT2D eigenvalue weighted by molar-refractivity contribution is 5.81. The molecule has 0 saturated heterocycles. The fourth-order valence-corrected chi connectivity index (χ4v) is 1.72. The first kappa shape index (κ1) is 14.7. The lowest BCUT2D eigenvalue weighted by Gasteiger charge is -2.18. The van der Waals surface area contributed by atoms with Gasteiger partial charge in [-0.25, -0.2) is 0 Å². The normalized spacial score (nSPS) is 14.0. The minimum Gasteiger partial charge on any atom is -0.385 e. The molecule has 1 aromatic carbocycles. The molecule has 0 aromatic heterocycles. The zero-order chi connectivity index (χ0) is 13.5. The number of carbonyl (C=O) groups excluding carboxylic acids is 1. The Hall–Kier alpha value is -1.39. The van der Waals surface area contributed by atoms with Crippen molar-refractivity contribution in [2.45, 2.75) is 32.4 Å². The molecule has 1 rings (SSSR count). The Bertz CT molecular complexity index is 393. The van der Waals surface area contributed by atoms with Crippen molar-refractivity contribution in [2.75, 3.05) is 13.7 Å². The average Bonchev–Trinajstić information content (AvgIpc) is 2.35. The van der Waals surface area contributed by atoms with Crippen LogP contribution in [0.3, 0.4) is 0 Å². The van der Waals surface area contributed by atoms with Gasteiger partial charge in [-0.2, -0.15) is 0 Å². The van der Waals surface area contributed by atoms with Crippen molar-refractivity contribution >= 4 is 5.91 Å². The number of nitrogens with two attached hydrogens (primary N) is 1. The number of aryl methyl sites for hydroxylation is 1. The van der Waals surface area contributed by atoms with E-state index in [0.29, 0.717) is 13.0 Å². The first-order valence-electron chi connectivity index (χ1n) is 6.16. The fraction of sp³-hybridized carbons (Fsp3) is 0.500. The van der Waals surface area contributed by atoms with E-state index in [9.17, 15) is 4.79 Å². The zero-order valence-corrected chi connectivity index (χ0v) is 11.3. The summed E-state index contributed by atoms with van der Waals surface area (Å²) in [5.41, 5.74) is 8.03. The number of rotatable bonds is 6. The van der Waals surface area contributed by atoms with Gasteiger partial charge < -0.3 is 15.8 Å². The predicted octanol–water partition coefficient (Wildman–Crippen LogP) is 1.54. The molecule has 3 N–H and O–H groups in total. The van der Waals surface area contributed by atoms with Crippen LogP contribution in [0, 0.1) is 6.92 Å². The highest BCUT2D eigenvalue weighted by atomic mass is 16.5. The van der Waals surface area contributed by atoms with Gasteiger partial charge in [0.15, 0.2) is 0 Å². The fourth-order valence-electron chi connectivity index (χ4n) is 1.72. The van der Waals surface area contributed by atoms with E-state index in [4.69, 9.17) is 10.5 Å². The van der Waals surface area contributed by atoms with Crippen LogP contribution >= 0.6 is 0 Å². The summed E-state index contributed by atoms with van der Waals surface area (Å²) in [5, 5.41) is 2.91. The predicted molar refractivity (Wildman–Crippen MR) is 72.2 cm³/mol. The van der Waals surface area contributed by atoms with Crippen molar-refractivity contribution in [1.29, 1.82) is 0 Å². The molecule has 0 aliphatic carbocycles. The maximum Gasteiger partial charge on any atom is 0.237 e. The second kappa shape index (κ2) is 7.13. The van der Waals surface area contributed by atoms with Gasteiger partial charge in [-0.3, -0.25) is 4.79 Å². The summed E-state index contributed by atoms with van der Waals surface area (Å²) in [4.78, 5) is 11.8. The van der Waals surface area contributed by atoms with Crippen molar-refractivity contribution < 1.29 is 9.53 Å². The van der Waals surface area contributed by atoms with Gasteiger partial charge in [0, 0.05) is 13.7 Å². The SMILES string of the molecule is COCCC(N)C(=O)N[C@H](C)c1cccc(C)c1. The zero-order valence-electron chi connectivity index (χ0n) is 11.3. The lowest BCUT2D eigenvalue weighted by Crippen LogP contribution is -2.42. The molecule has 0 aliphatic heterocycles. The minimum absolute atomic E-state index is 0.0361. The summed E-state index contributed by atoms with van der Waals surface area (Å²) >= 11 is 0. The Kier molecular flexibility index (Phi) is 5.82. The largest absolute Gasteiger partial charge is 0.385 e. The van der Waals surface area contributed by atoms with Crippen LogP contribution in [0.25, 0.3) is 0 Å². The van der Waals surface area contributed by atoms with Crippen LogP contribution < -0.4 is 11.1 Å². The Morgan fingerprint density at radius 2 is 2.22 bits per heavy atom. The smallest absolute Gasteiger partial charge is 0.237 e. The third-order valence-electron chi connectivity index (χ3n) is 2.87. The van der Waals surface area contributed by atoms with E-state index in [2.05, 4.69) is 11.4 Å². The maximum atomic E-state index is 11.8. The van der Waals surface area contributed by atoms with Crippen LogP contribution in [0.5, 0.6) is 0 Å². The first-order chi connectivity index (χ1) is 8.54. The van der Waals surface area contributed by atoms with E-state index in [-0.39, 0.29) is 11.9 Å². The molecular weight excluding hydrogens is 228 g/mol. The Morgan fingerprint density at radius 3 is 2.83 bits per heavy atom. The van der Waals surface area contributed by atoms with Crippen molar-refractivity contribution in [3.05, 3.63) is 35.4 Å². The number of hydrogen-bond acceptors (Lipinski definition) is 3.